The molecule has 5 nitrogen and oxygen atoms in total. The van der Waals surface area contributed by atoms with Gasteiger partial charge in [0.25, 0.3) is 5.91 Å². The van der Waals surface area contributed by atoms with Gasteiger partial charge in [-0.05, 0) is 37.3 Å². The number of amides is 1. The average molecular weight is 401 g/mol. The first kappa shape index (κ1) is 20.6. The number of nitrogens with one attached hydrogen (secondary N) is 2. The summed E-state index contributed by atoms with van der Waals surface area (Å²) in [6, 6.07) is 12.5. The zero-order valence-electron chi connectivity index (χ0n) is 14.1. The fraction of sp³-hybridized carbons (Fsp3) is 0.222. The molecule has 0 aliphatic heterocycles. The maximum absolute atomic E-state index is 14.0. The minimum atomic E-state index is -5.22. The van der Waals surface area contributed by atoms with Crippen molar-refractivity contribution in [3.63, 3.8) is 0 Å². The molecule has 0 saturated heterocycles. The molecule has 0 aliphatic carbocycles. The van der Waals surface area contributed by atoms with E-state index in [0.29, 0.717) is 0 Å². The van der Waals surface area contributed by atoms with Crippen LogP contribution in [0.3, 0.4) is 0 Å². The van der Waals surface area contributed by atoms with Gasteiger partial charge in [-0.15, -0.1) is 0 Å². The standard InChI is InChI=1S/C18H16ClF3N2O3/c1-2-27-16(26)17(18(20,21)22,23-14-10-6-9-13(19)11-14)24-15(25)12-7-4-3-5-8-12/h3-11,23H,2H2,1H3,(H,24,25)/t17-/m0/s1. The van der Waals surface area contributed by atoms with Crippen LogP contribution in [0.1, 0.15) is 17.3 Å². The minimum Gasteiger partial charge on any atom is -0.463 e. The van der Waals surface area contributed by atoms with Crippen LogP contribution in [0.2, 0.25) is 5.02 Å². The van der Waals surface area contributed by atoms with Crippen LogP contribution in [-0.4, -0.2) is 30.3 Å². The molecule has 2 aromatic carbocycles. The summed E-state index contributed by atoms with van der Waals surface area (Å²) >= 11 is 5.81. The van der Waals surface area contributed by atoms with Gasteiger partial charge in [0, 0.05) is 16.3 Å². The lowest BCUT2D eigenvalue weighted by Gasteiger charge is -2.35. The first-order valence-electron chi connectivity index (χ1n) is 7.85. The lowest BCUT2D eigenvalue weighted by atomic mass is 10.1. The molecule has 27 heavy (non-hydrogen) atoms. The molecule has 1 atom stereocenters. The average Bonchev–Trinajstić information content (AvgIpc) is 2.61. The highest BCUT2D eigenvalue weighted by atomic mass is 35.5. The van der Waals surface area contributed by atoms with E-state index >= 15 is 0 Å². The molecule has 0 aliphatic rings. The van der Waals surface area contributed by atoms with E-state index in [0.717, 1.165) is 0 Å². The number of halogens is 4. The topological polar surface area (TPSA) is 67.4 Å². The molecule has 0 heterocycles. The Morgan fingerprint density at radius 1 is 1.07 bits per heavy atom. The monoisotopic (exact) mass is 400 g/mol. The molecule has 2 aromatic rings. The fourth-order valence-corrected chi connectivity index (χ4v) is 2.44. The van der Waals surface area contributed by atoms with E-state index in [9.17, 15) is 22.8 Å². The third kappa shape index (κ3) is 4.71. The smallest absolute Gasteiger partial charge is 0.441 e. The molecule has 2 rings (SSSR count). The van der Waals surface area contributed by atoms with E-state index in [1.165, 1.54) is 55.5 Å². The van der Waals surface area contributed by atoms with Crippen molar-refractivity contribution in [2.45, 2.75) is 18.8 Å². The maximum Gasteiger partial charge on any atom is 0.441 e. The van der Waals surface area contributed by atoms with Crippen LogP contribution >= 0.6 is 11.6 Å². The molecule has 0 unspecified atom stereocenters. The summed E-state index contributed by atoms with van der Waals surface area (Å²) in [6.07, 6.45) is -5.22. The van der Waals surface area contributed by atoms with Gasteiger partial charge in [0.1, 0.15) is 0 Å². The van der Waals surface area contributed by atoms with Crippen molar-refractivity contribution in [1.82, 2.24) is 5.32 Å². The molecule has 0 radical (unpaired) electrons. The number of alkyl halides is 3. The van der Waals surface area contributed by atoms with Gasteiger partial charge in [-0.3, -0.25) is 4.79 Å². The fourth-order valence-electron chi connectivity index (χ4n) is 2.24. The van der Waals surface area contributed by atoms with Crippen LogP contribution in [0, 0.1) is 0 Å². The number of carbonyl (C=O) groups excluding carboxylic acids is 2. The lowest BCUT2D eigenvalue weighted by molar-refractivity contribution is -0.204. The van der Waals surface area contributed by atoms with Crippen molar-refractivity contribution in [2.75, 3.05) is 11.9 Å². The first-order chi connectivity index (χ1) is 12.7. The summed E-state index contributed by atoms with van der Waals surface area (Å²) in [5.74, 6) is -2.79. The van der Waals surface area contributed by atoms with Crippen molar-refractivity contribution in [1.29, 1.82) is 0 Å². The quantitative estimate of drug-likeness (QED) is 0.568. The van der Waals surface area contributed by atoms with Gasteiger partial charge < -0.3 is 15.4 Å². The van der Waals surface area contributed by atoms with Gasteiger partial charge in [-0.1, -0.05) is 35.9 Å². The summed E-state index contributed by atoms with van der Waals surface area (Å²) < 4.78 is 46.6. The zero-order chi connectivity index (χ0) is 20.1. The van der Waals surface area contributed by atoms with Crippen molar-refractivity contribution >= 4 is 29.2 Å². The Balaban J connectivity index is 2.50. The normalized spacial score (nSPS) is 13.4. The Hall–Kier alpha value is -2.74. The summed E-state index contributed by atoms with van der Waals surface area (Å²) in [6.45, 7) is 1.05. The zero-order valence-corrected chi connectivity index (χ0v) is 14.9. The SMILES string of the molecule is CCOC(=O)[C@@](NC(=O)c1ccccc1)(Nc1cccc(Cl)c1)C(F)(F)F. The second-order valence-electron chi connectivity index (χ2n) is 5.42. The number of carbonyl (C=O) groups is 2. The number of hydrogen-bond acceptors (Lipinski definition) is 4. The molecule has 0 aromatic heterocycles. The number of rotatable bonds is 6. The largest absolute Gasteiger partial charge is 0.463 e. The van der Waals surface area contributed by atoms with Crippen LogP contribution in [0.4, 0.5) is 18.9 Å². The highest BCUT2D eigenvalue weighted by Gasteiger charge is 2.63. The van der Waals surface area contributed by atoms with Crippen molar-refractivity contribution in [3.05, 3.63) is 65.2 Å². The molecule has 144 valence electrons. The summed E-state index contributed by atoms with van der Waals surface area (Å²) in [5, 5.41) is 3.94. The third-order valence-corrected chi connectivity index (χ3v) is 3.74. The van der Waals surface area contributed by atoms with Gasteiger partial charge in [-0.25, -0.2) is 4.79 Å². The van der Waals surface area contributed by atoms with Crippen molar-refractivity contribution in [3.8, 4) is 0 Å². The number of ether oxygens (including phenoxy) is 1. The maximum atomic E-state index is 14.0. The van der Waals surface area contributed by atoms with Crippen LogP contribution in [0.15, 0.2) is 54.6 Å². The number of esters is 1. The highest BCUT2D eigenvalue weighted by molar-refractivity contribution is 6.30. The third-order valence-electron chi connectivity index (χ3n) is 3.50. The molecule has 2 N–H and O–H groups in total. The van der Waals surface area contributed by atoms with Crippen molar-refractivity contribution < 1.29 is 27.5 Å². The van der Waals surface area contributed by atoms with Gasteiger partial charge in [-0.2, -0.15) is 13.2 Å². The highest BCUT2D eigenvalue weighted by Crippen LogP contribution is 2.34. The predicted molar refractivity (Wildman–Crippen MR) is 94.4 cm³/mol. The van der Waals surface area contributed by atoms with Gasteiger partial charge in [0.15, 0.2) is 0 Å². The first-order valence-corrected chi connectivity index (χ1v) is 8.22. The van der Waals surface area contributed by atoms with E-state index in [-0.39, 0.29) is 22.9 Å². The molecule has 0 saturated carbocycles. The van der Waals surface area contributed by atoms with Crippen LogP contribution in [0.5, 0.6) is 0 Å². The molecule has 0 fully saturated rings. The van der Waals surface area contributed by atoms with E-state index in [1.807, 2.05) is 5.32 Å². The van der Waals surface area contributed by atoms with E-state index < -0.39 is 23.7 Å². The van der Waals surface area contributed by atoms with Crippen LogP contribution in [0.25, 0.3) is 0 Å². The lowest BCUT2D eigenvalue weighted by Crippen LogP contribution is -2.69. The van der Waals surface area contributed by atoms with Gasteiger partial charge in [0.05, 0.1) is 6.61 Å². The Labute approximate surface area is 158 Å². The summed E-state index contributed by atoms with van der Waals surface area (Å²) in [5.41, 5.74) is -3.68. The number of hydrogen-bond donors (Lipinski definition) is 2. The predicted octanol–water partition coefficient (Wildman–Crippen LogP) is 4.00. The Bertz CT molecular complexity index is 815. The molecular formula is C18H16ClF3N2O3. The second kappa shape index (κ2) is 8.30. The summed E-state index contributed by atoms with van der Waals surface area (Å²) in [7, 11) is 0. The van der Waals surface area contributed by atoms with E-state index in [1.54, 1.807) is 11.4 Å². The van der Waals surface area contributed by atoms with E-state index in [4.69, 9.17) is 11.6 Å². The number of benzene rings is 2. The Morgan fingerprint density at radius 3 is 2.30 bits per heavy atom. The molecular weight excluding hydrogens is 385 g/mol. The molecule has 0 bridgehead atoms. The van der Waals surface area contributed by atoms with Gasteiger partial charge in [0.2, 0.25) is 0 Å². The minimum absolute atomic E-state index is 0.0525. The van der Waals surface area contributed by atoms with Gasteiger partial charge >= 0.3 is 17.8 Å². The van der Waals surface area contributed by atoms with Crippen LogP contribution in [-0.2, 0) is 9.53 Å². The Kier molecular flexibility index (Phi) is 6.32. The van der Waals surface area contributed by atoms with E-state index in [2.05, 4.69) is 4.74 Å². The Morgan fingerprint density at radius 2 is 1.74 bits per heavy atom. The molecule has 1 amide bonds. The molecule has 0 spiro atoms. The molecule has 9 heteroatoms. The second-order valence-corrected chi connectivity index (χ2v) is 5.86. The number of anilines is 1. The van der Waals surface area contributed by atoms with Crippen molar-refractivity contribution in [2.24, 2.45) is 0 Å². The van der Waals surface area contributed by atoms with Crippen LogP contribution < -0.4 is 10.6 Å². The summed E-state index contributed by atoms with van der Waals surface area (Å²) in [4.78, 5) is 24.7.